The lowest BCUT2D eigenvalue weighted by Crippen LogP contribution is -2.48. The van der Waals surface area contributed by atoms with Crippen molar-refractivity contribution in [3.8, 4) is 0 Å². The summed E-state index contributed by atoms with van der Waals surface area (Å²) in [6.07, 6.45) is 3.78. The number of aromatic nitrogens is 1. The Morgan fingerprint density at radius 1 is 1.40 bits per heavy atom. The minimum absolute atomic E-state index is 0.281. The molecule has 3 N–H and O–H groups in total. The average molecular weight is 272 g/mol. The highest BCUT2D eigenvalue weighted by atomic mass is 17.1. The van der Waals surface area contributed by atoms with Gasteiger partial charge in [0, 0.05) is 35.6 Å². The maximum absolute atomic E-state index is 11.6. The molecule has 3 atom stereocenters. The van der Waals surface area contributed by atoms with E-state index in [9.17, 15) is 4.79 Å². The minimum Gasteiger partial charge on any atom is -0.361 e. The number of piperidine rings is 1. The van der Waals surface area contributed by atoms with Crippen LogP contribution in [-0.4, -0.2) is 28.8 Å². The van der Waals surface area contributed by atoms with Gasteiger partial charge < -0.3 is 15.2 Å². The van der Waals surface area contributed by atoms with Crippen molar-refractivity contribution in [1.82, 2.24) is 10.3 Å². The number of hydrogen-bond donors (Lipinski definition) is 3. The van der Waals surface area contributed by atoms with Crippen molar-refractivity contribution in [2.45, 2.75) is 24.8 Å². The topological polar surface area (TPSA) is 74.3 Å². The molecule has 1 fully saturated rings. The summed E-state index contributed by atoms with van der Waals surface area (Å²) in [6, 6.07) is 6.63. The fraction of sp³-hybridized carbons (Fsp3) is 0.400. The van der Waals surface area contributed by atoms with Crippen LogP contribution in [0, 0.1) is 5.92 Å². The number of rotatable bonds is 1. The Labute approximate surface area is 115 Å². The summed E-state index contributed by atoms with van der Waals surface area (Å²) >= 11 is 0. The van der Waals surface area contributed by atoms with Crippen LogP contribution in [-0.2, 0) is 16.1 Å². The second-order valence-electron chi connectivity index (χ2n) is 5.75. The van der Waals surface area contributed by atoms with Crippen molar-refractivity contribution in [1.29, 1.82) is 0 Å². The number of aromatic amines is 1. The molecule has 2 aromatic rings. The van der Waals surface area contributed by atoms with Gasteiger partial charge in [0.15, 0.2) is 0 Å². The van der Waals surface area contributed by atoms with Crippen LogP contribution in [0.3, 0.4) is 0 Å². The van der Waals surface area contributed by atoms with E-state index in [1.165, 1.54) is 16.5 Å². The molecule has 5 nitrogen and oxygen atoms in total. The molecule has 1 aliphatic heterocycles. The van der Waals surface area contributed by atoms with Crippen molar-refractivity contribution in [3.63, 3.8) is 0 Å². The van der Waals surface area contributed by atoms with Crippen LogP contribution in [0.4, 0.5) is 0 Å². The van der Waals surface area contributed by atoms with Crippen molar-refractivity contribution in [2.75, 3.05) is 6.54 Å². The quantitative estimate of drug-likeness (QED) is 0.546. The van der Waals surface area contributed by atoms with Gasteiger partial charge in [-0.1, -0.05) is 12.1 Å². The maximum atomic E-state index is 11.6. The van der Waals surface area contributed by atoms with E-state index in [0.29, 0.717) is 18.5 Å². The normalized spacial score (nSPS) is 28.1. The first-order chi connectivity index (χ1) is 9.78. The largest absolute Gasteiger partial charge is 0.361 e. The van der Waals surface area contributed by atoms with Gasteiger partial charge in [0.25, 0.3) is 0 Å². The van der Waals surface area contributed by atoms with Gasteiger partial charge in [-0.15, -0.1) is 0 Å². The third-order valence-corrected chi connectivity index (χ3v) is 4.73. The first-order valence-electron chi connectivity index (χ1n) is 6.95. The Morgan fingerprint density at radius 3 is 3.15 bits per heavy atom. The van der Waals surface area contributed by atoms with Crippen molar-refractivity contribution in [2.24, 2.45) is 5.92 Å². The third-order valence-electron chi connectivity index (χ3n) is 4.73. The lowest BCUT2D eigenvalue weighted by molar-refractivity contribution is -0.239. The first-order valence-corrected chi connectivity index (χ1v) is 6.95. The van der Waals surface area contributed by atoms with Gasteiger partial charge in [0.05, 0.1) is 5.92 Å². The van der Waals surface area contributed by atoms with Gasteiger partial charge in [0.2, 0.25) is 0 Å². The minimum atomic E-state index is -0.539. The van der Waals surface area contributed by atoms with Crippen molar-refractivity contribution >= 4 is 16.9 Å². The molecule has 3 unspecified atom stereocenters. The zero-order valence-electron chi connectivity index (χ0n) is 10.9. The van der Waals surface area contributed by atoms with E-state index in [1.807, 2.05) is 6.07 Å². The van der Waals surface area contributed by atoms with Gasteiger partial charge >= 0.3 is 5.97 Å². The zero-order valence-corrected chi connectivity index (χ0v) is 10.9. The highest BCUT2D eigenvalue weighted by Gasteiger charge is 2.39. The molecular weight excluding hydrogens is 256 g/mol. The summed E-state index contributed by atoms with van der Waals surface area (Å²) in [6.45, 7) is 0.566. The van der Waals surface area contributed by atoms with E-state index in [-0.39, 0.29) is 5.92 Å². The van der Waals surface area contributed by atoms with Gasteiger partial charge in [0.1, 0.15) is 0 Å². The molecule has 0 radical (unpaired) electrons. The SMILES string of the molecule is O=C(OO)C1CNC2Cc3c[nH]c4cccc(c34)C2C1. The van der Waals surface area contributed by atoms with Crippen LogP contribution in [0.2, 0.25) is 0 Å². The second-order valence-corrected chi connectivity index (χ2v) is 5.75. The van der Waals surface area contributed by atoms with Gasteiger partial charge in [-0.05, 0) is 30.0 Å². The second kappa shape index (κ2) is 4.33. The van der Waals surface area contributed by atoms with E-state index in [2.05, 4.69) is 33.5 Å². The van der Waals surface area contributed by atoms with Gasteiger partial charge in [-0.3, -0.25) is 0 Å². The zero-order chi connectivity index (χ0) is 13.7. The Hall–Kier alpha value is -1.85. The number of carbonyl (C=O) groups excluding carboxylic acids is 1. The Bertz CT molecular complexity index is 679. The Morgan fingerprint density at radius 2 is 2.30 bits per heavy atom. The van der Waals surface area contributed by atoms with Crippen molar-refractivity contribution < 1.29 is 14.9 Å². The lowest BCUT2D eigenvalue weighted by atomic mass is 9.73. The van der Waals surface area contributed by atoms with Crippen LogP contribution in [0.15, 0.2) is 24.4 Å². The molecule has 104 valence electrons. The summed E-state index contributed by atoms with van der Waals surface area (Å²) in [5, 5.41) is 13.3. The Kier molecular flexibility index (Phi) is 2.58. The molecule has 0 bridgehead atoms. The number of hydrogen-bond acceptors (Lipinski definition) is 4. The molecule has 4 rings (SSSR count). The summed E-state index contributed by atoms with van der Waals surface area (Å²) in [5.74, 6) is -0.528. The molecule has 20 heavy (non-hydrogen) atoms. The average Bonchev–Trinajstić information content (AvgIpc) is 2.91. The van der Waals surface area contributed by atoms with E-state index < -0.39 is 5.97 Å². The van der Waals surface area contributed by atoms with E-state index in [0.717, 1.165) is 18.4 Å². The summed E-state index contributed by atoms with van der Waals surface area (Å²) < 4.78 is 0. The van der Waals surface area contributed by atoms with E-state index in [4.69, 9.17) is 5.26 Å². The van der Waals surface area contributed by atoms with Crippen LogP contribution in [0.1, 0.15) is 23.5 Å². The molecule has 1 aliphatic carbocycles. The predicted octanol–water partition coefficient (Wildman–Crippen LogP) is 1.80. The number of carbonyl (C=O) groups is 1. The highest BCUT2D eigenvalue weighted by molar-refractivity contribution is 5.88. The molecule has 1 saturated heterocycles. The van der Waals surface area contributed by atoms with E-state index >= 15 is 0 Å². The number of H-pyrrole nitrogens is 1. The van der Waals surface area contributed by atoms with Crippen molar-refractivity contribution in [3.05, 3.63) is 35.5 Å². The third kappa shape index (κ3) is 1.60. The van der Waals surface area contributed by atoms with Crippen LogP contribution in [0.5, 0.6) is 0 Å². The first kappa shape index (κ1) is 11.9. The van der Waals surface area contributed by atoms with Crippen LogP contribution < -0.4 is 5.32 Å². The van der Waals surface area contributed by atoms with Gasteiger partial charge in [-0.2, -0.15) is 5.26 Å². The van der Waals surface area contributed by atoms with Crippen LogP contribution >= 0.6 is 0 Å². The van der Waals surface area contributed by atoms with E-state index in [1.54, 1.807) is 0 Å². The fourth-order valence-electron chi connectivity index (χ4n) is 3.80. The molecule has 0 saturated carbocycles. The molecule has 1 aromatic carbocycles. The summed E-state index contributed by atoms with van der Waals surface area (Å²) in [5.41, 5.74) is 3.79. The molecule has 0 spiro atoms. The van der Waals surface area contributed by atoms with Gasteiger partial charge in [-0.25, -0.2) is 4.79 Å². The molecular formula is C15H16N2O3. The highest BCUT2D eigenvalue weighted by Crippen LogP contribution is 2.41. The number of fused-ring (bicyclic) bond motifs is 2. The molecule has 2 heterocycles. The predicted molar refractivity (Wildman–Crippen MR) is 73.4 cm³/mol. The molecule has 5 heteroatoms. The maximum Gasteiger partial charge on any atom is 0.346 e. The Balaban J connectivity index is 1.76. The summed E-state index contributed by atoms with van der Waals surface area (Å²) in [7, 11) is 0. The number of nitrogens with one attached hydrogen (secondary N) is 2. The molecule has 1 aromatic heterocycles. The molecule has 0 amide bonds. The monoisotopic (exact) mass is 272 g/mol. The van der Waals surface area contributed by atoms with Crippen LogP contribution in [0.25, 0.3) is 10.9 Å². The smallest absolute Gasteiger partial charge is 0.346 e. The standard InChI is InChI=1S/C15H16N2O3/c18-15(20-19)9-4-11-10-2-1-3-12-14(10)8(6-16-12)5-13(11)17-7-9/h1-3,6,9,11,13,16-17,19H,4-5,7H2. The summed E-state index contributed by atoms with van der Waals surface area (Å²) in [4.78, 5) is 18.8. The number of benzene rings is 1. The molecule has 2 aliphatic rings. The lowest BCUT2D eigenvalue weighted by Gasteiger charge is -2.39. The fourth-order valence-corrected chi connectivity index (χ4v) is 3.80.